The van der Waals surface area contributed by atoms with Crippen LogP contribution in [0.15, 0.2) is 60.7 Å². The Hall–Kier alpha value is 1.72. The van der Waals surface area contributed by atoms with Crippen LogP contribution >= 0.6 is 0 Å². The van der Waals surface area contributed by atoms with E-state index in [1.807, 2.05) is 24.3 Å². The number of benzene rings is 3. The molecule has 3 aromatic rings. The molecule has 3 aromatic carbocycles. The molecule has 0 heterocycles. The maximum Gasteiger partial charge on any atom is 0.0533 e. The van der Waals surface area contributed by atoms with Crippen molar-refractivity contribution in [2.45, 2.75) is 7.43 Å². The summed E-state index contributed by atoms with van der Waals surface area (Å²) in [5.74, 6) is 0. The van der Waals surface area contributed by atoms with Gasteiger partial charge < -0.3 is 40.2 Å². The van der Waals surface area contributed by atoms with Crippen molar-refractivity contribution in [3.05, 3.63) is 133 Å². The van der Waals surface area contributed by atoms with Gasteiger partial charge in [-0.15, -0.1) is 0 Å². The molecule has 40 heavy (non-hydrogen) atoms. The fourth-order valence-electron chi connectivity index (χ4n) is 1.20. The smallest absolute Gasteiger partial charge is 0.0533 e. The third-order valence-electron chi connectivity index (χ3n) is 2.21. The van der Waals surface area contributed by atoms with Gasteiger partial charge in [0.15, 0.2) is 0 Å². The molecule has 217 valence electrons. The van der Waals surface area contributed by atoms with Crippen LogP contribution in [0.3, 0.4) is 0 Å². The van der Waals surface area contributed by atoms with E-state index in [1.54, 1.807) is 54.4 Å². The van der Waals surface area contributed by atoms with E-state index >= 15 is 0 Å². The Morgan fingerprint density at radius 3 is 0.825 bits per heavy atom. The third-order valence-corrected chi connectivity index (χ3v) is 2.21. The largest absolute Gasteiger partial charge is 0.668 e. The minimum absolute atomic E-state index is 0. The average Bonchev–Trinajstić information content (AvgIpc) is 2.84. The molecule has 0 fully saturated rings. The van der Waals surface area contributed by atoms with Crippen LogP contribution in [0.5, 0.6) is 0 Å². The second kappa shape index (κ2) is 60.0. The number of hydrogen-bond acceptors (Lipinski definition) is 4. The van der Waals surface area contributed by atoms with E-state index in [4.69, 9.17) is 0 Å². The van der Waals surface area contributed by atoms with Gasteiger partial charge in [-0.25, -0.2) is 24.3 Å². The van der Waals surface area contributed by atoms with Crippen LogP contribution in [0.4, 0.5) is 11.4 Å². The maximum atomic E-state index is 9.96. The van der Waals surface area contributed by atoms with Gasteiger partial charge in [0, 0.05) is 161 Å². The molecule has 0 N–H and O–H groups in total. The molecular weight excluding hydrogens is 1250 g/mol. The van der Waals surface area contributed by atoms with E-state index in [0.29, 0.717) is 0 Å². The Bertz CT molecular complexity index is 727. The van der Waals surface area contributed by atoms with Crippen LogP contribution in [0.25, 0.3) is 16.0 Å². The monoisotopic (exact) mass is 1280 g/mol. The Labute approximate surface area is 359 Å². The molecule has 3 radical (unpaired) electrons. The van der Waals surface area contributed by atoms with Crippen molar-refractivity contribution < 1.29 is 171 Å². The standard InChI is InChI=1S/2C6H3NO2.C6H4.3C2H6N.CH4.3W.3Y/c2*8-7(9)6-4-2-1-3-5-6;1-2-4-6-5-3-1;3*1-3-2;;;;;;;/h2*1-2,5H;1-2,5-6H;3*1-2H3;1H4;;;;;;/q3*-2;3*-1;;;;;;;. The van der Waals surface area contributed by atoms with E-state index in [1.165, 1.54) is 24.3 Å². The minimum atomic E-state index is -0.503. The second-order valence-electron chi connectivity index (χ2n) is 5.20. The van der Waals surface area contributed by atoms with Crippen LogP contribution in [0.2, 0.25) is 0 Å². The molecule has 3 rings (SSSR count). The summed E-state index contributed by atoms with van der Waals surface area (Å²) < 4.78 is 0. The molecule has 0 saturated carbocycles. The first-order valence-electron chi connectivity index (χ1n) is 9.16. The summed E-state index contributed by atoms with van der Waals surface area (Å²) in [4.78, 5) is 18.9. The van der Waals surface area contributed by atoms with Crippen LogP contribution < -0.4 is 0 Å². The predicted octanol–water partition coefficient (Wildman–Crippen LogP) is 6.16. The van der Waals surface area contributed by atoms with Crippen LogP contribution in [-0.2, 0) is 161 Å². The van der Waals surface area contributed by atoms with Gasteiger partial charge in [0.05, 0.1) is 11.4 Å². The predicted molar refractivity (Wildman–Crippen MR) is 138 cm³/mol. The third kappa shape index (κ3) is 59.2. The molecule has 0 aromatic heterocycles. The van der Waals surface area contributed by atoms with Crippen LogP contribution in [0, 0.1) is 56.6 Å². The normalized spacial score (nSPS) is 6.55. The Kier molecular flexibility index (Phi) is 103. The van der Waals surface area contributed by atoms with E-state index in [2.05, 4.69) is 52.3 Å². The zero-order valence-corrected chi connectivity index (χ0v) is 39.9. The van der Waals surface area contributed by atoms with Crippen molar-refractivity contribution in [1.82, 2.24) is 0 Å². The molecule has 0 aliphatic carbocycles. The Morgan fingerprint density at radius 2 is 0.725 bits per heavy atom. The summed E-state index contributed by atoms with van der Waals surface area (Å²) in [6.07, 6.45) is 0. The Balaban J connectivity index is -0.0000000345. The topological polar surface area (TPSA) is 129 Å². The summed E-state index contributed by atoms with van der Waals surface area (Å²) in [5.41, 5.74) is -0.0880. The van der Waals surface area contributed by atoms with Crippen molar-refractivity contribution in [3.63, 3.8) is 0 Å². The quantitative estimate of drug-likeness (QED) is 0.173. The number of non-ortho nitro benzene ring substituents is 2. The molecular formula is C25H32N5O4W3Y3-9. The van der Waals surface area contributed by atoms with E-state index in [9.17, 15) is 20.2 Å². The summed E-state index contributed by atoms with van der Waals surface area (Å²) in [7, 11) is 10.5. The van der Waals surface area contributed by atoms with Gasteiger partial charge in [-0.05, 0) is 9.85 Å². The van der Waals surface area contributed by atoms with Crippen molar-refractivity contribution in [2.75, 3.05) is 42.3 Å². The maximum absolute atomic E-state index is 9.96. The summed E-state index contributed by atoms with van der Waals surface area (Å²) in [5, 5.41) is 30.4. The number of rotatable bonds is 2. The van der Waals surface area contributed by atoms with Gasteiger partial charge in [0.25, 0.3) is 0 Å². The van der Waals surface area contributed by atoms with Gasteiger partial charge in [-0.3, -0.25) is 68.8 Å². The van der Waals surface area contributed by atoms with E-state index in [0.717, 1.165) is 0 Å². The van der Waals surface area contributed by atoms with Gasteiger partial charge >= 0.3 is 0 Å². The van der Waals surface area contributed by atoms with Crippen molar-refractivity contribution in [3.8, 4) is 0 Å². The molecule has 0 spiro atoms. The molecule has 0 atom stereocenters. The fourth-order valence-corrected chi connectivity index (χ4v) is 1.20. The molecule has 0 unspecified atom stereocenters. The van der Waals surface area contributed by atoms with E-state index < -0.39 is 9.85 Å². The van der Waals surface area contributed by atoms with Gasteiger partial charge in [0.1, 0.15) is 0 Å². The summed E-state index contributed by atoms with van der Waals surface area (Å²) >= 11 is 0. The number of nitro benzene ring substituents is 2. The molecule has 0 saturated heterocycles. The first-order valence-corrected chi connectivity index (χ1v) is 9.16. The number of nitro groups is 2. The zero-order valence-electron chi connectivity index (χ0n) is 22.6. The zero-order chi connectivity index (χ0) is 25.7. The molecule has 0 aliphatic rings. The average molecular weight is 1280 g/mol. The fraction of sp³-hybridized carbons (Fsp3) is 0.280. The Morgan fingerprint density at radius 1 is 0.525 bits per heavy atom. The summed E-state index contributed by atoms with van der Waals surface area (Å²) in [6, 6.07) is 31.6. The minimum Gasteiger partial charge on any atom is -0.668 e. The van der Waals surface area contributed by atoms with Crippen molar-refractivity contribution in [2.24, 2.45) is 0 Å². The second-order valence-corrected chi connectivity index (χ2v) is 5.20. The van der Waals surface area contributed by atoms with Gasteiger partial charge in [-0.1, -0.05) is 7.43 Å². The molecule has 9 nitrogen and oxygen atoms in total. The first-order chi connectivity index (χ1) is 15.9. The number of nitrogens with zero attached hydrogens (tertiary/aromatic N) is 5. The van der Waals surface area contributed by atoms with Crippen LogP contribution in [-0.4, -0.2) is 52.1 Å². The number of hydrogen-bond donors (Lipinski definition) is 0. The van der Waals surface area contributed by atoms with Gasteiger partial charge in [0.2, 0.25) is 0 Å². The summed E-state index contributed by atoms with van der Waals surface area (Å²) in [6.45, 7) is 0. The molecule has 0 aliphatic heterocycles. The molecule has 0 bridgehead atoms. The van der Waals surface area contributed by atoms with Crippen LogP contribution in [0.1, 0.15) is 7.43 Å². The molecule has 15 heteroatoms. The molecule has 0 amide bonds. The SMILES string of the molecule is C.C[N-]C.C[N-]C.C[N-]C.O=[N+]([O-])c1[c-]cc[c-]c1.O=[N+]([O-])c1[c-]cc[c-]c1.[W].[W].[W].[Y].[Y].[Y].[c-]1cc[c-]cc1. The van der Waals surface area contributed by atoms with Gasteiger partial charge in [-0.2, -0.15) is 42.3 Å². The van der Waals surface area contributed by atoms with E-state index in [-0.39, 0.29) is 180 Å². The van der Waals surface area contributed by atoms with Crippen molar-refractivity contribution >= 4 is 11.4 Å². The van der Waals surface area contributed by atoms with Crippen molar-refractivity contribution in [1.29, 1.82) is 0 Å². The first kappa shape index (κ1) is 68.8.